The maximum atomic E-state index is 10.7. The normalized spacial score (nSPS) is 28.8. The number of hydrogen-bond acceptors (Lipinski definition) is 2. The van der Waals surface area contributed by atoms with Gasteiger partial charge < -0.3 is 5.11 Å². The van der Waals surface area contributed by atoms with E-state index in [1.807, 2.05) is 4.68 Å². The van der Waals surface area contributed by atoms with Crippen LogP contribution in [0.1, 0.15) is 52.3 Å². The summed E-state index contributed by atoms with van der Waals surface area (Å²) >= 11 is 3.51. The average Bonchev–Trinajstić information content (AvgIpc) is 2.55. The number of aliphatic hydroxyl groups is 1. The summed E-state index contributed by atoms with van der Waals surface area (Å²) in [6.07, 6.45) is 3.49. The molecule has 4 heteroatoms. The quantitative estimate of drug-likeness (QED) is 0.928. The van der Waals surface area contributed by atoms with E-state index >= 15 is 0 Å². The van der Waals surface area contributed by atoms with Crippen LogP contribution in [0.5, 0.6) is 0 Å². The van der Waals surface area contributed by atoms with Gasteiger partial charge in [0.2, 0.25) is 0 Å². The molecular formula is C13H21BrN2O. The Morgan fingerprint density at radius 1 is 1.41 bits per heavy atom. The number of halogens is 1. The number of hydrogen-bond donors (Lipinski definition) is 1. The molecule has 1 aliphatic carbocycles. The highest BCUT2D eigenvalue weighted by atomic mass is 79.9. The minimum absolute atomic E-state index is 0.276. The van der Waals surface area contributed by atoms with E-state index in [4.69, 9.17) is 0 Å². The van der Waals surface area contributed by atoms with E-state index in [1.165, 1.54) is 0 Å². The van der Waals surface area contributed by atoms with Crippen LogP contribution in [0, 0.1) is 11.8 Å². The van der Waals surface area contributed by atoms with Gasteiger partial charge in [-0.2, -0.15) is 5.10 Å². The third-order valence-electron chi connectivity index (χ3n) is 3.82. The predicted molar refractivity (Wildman–Crippen MR) is 71.8 cm³/mol. The first-order valence-electron chi connectivity index (χ1n) is 6.31. The van der Waals surface area contributed by atoms with Gasteiger partial charge in [0.1, 0.15) is 5.60 Å². The van der Waals surface area contributed by atoms with Gasteiger partial charge in [-0.15, -0.1) is 0 Å². The summed E-state index contributed by atoms with van der Waals surface area (Å²) in [5, 5.41) is 15.1. The van der Waals surface area contributed by atoms with Crippen LogP contribution in [-0.2, 0) is 5.60 Å². The van der Waals surface area contributed by atoms with Crippen LogP contribution in [0.4, 0.5) is 0 Å². The van der Waals surface area contributed by atoms with Crippen molar-refractivity contribution in [2.75, 3.05) is 0 Å². The van der Waals surface area contributed by atoms with Gasteiger partial charge in [-0.05, 0) is 54.5 Å². The summed E-state index contributed by atoms with van der Waals surface area (Å²) in [6.45, 7) is 8.62. The average molecular weight is 301 g/mol. The van der Waals surface area contributed by atoms with Crippen molar-refractivity contribution in [1.82, 2.24) is 9.78 Å². The minimum Gasteiger partial charge on any atom is -0.384 e. The number of nitrogens with zero attached hydrogens (tertiary/aromatic N) is 2. The Morgan fingerprint density at radius 3 is 2.47 bits per heavy atom. The Bertz CT molecular complexity index is 406. The zero-order valence-corrected chi connectivity index (χ0v) is 12.5. The zero-order valence-electron chi connectivity index (χ0n) is 10.9. The molecule has 0 radical (unpaired) electrons. The van der Waals surface area contributed by atoms with Gasteiger partial charge in [0, 0.05) is 6.04 Å². The van der Waals surface area contributed by atoms with Gasteiger partial charge in [0.25, 0.3) is 0 Å². The van der Waals surface area contributed by atoms with Gasteiger partial charge in [-0.1, -0.05) is 13.8 Å². The molecule has 1 aromatic heterocycles. The molecule has 0 bridgehead atoms. The molecule has 0 unspecified atom stereocenters. The standard InChI is InChI=1S/C13H21BrN2O/c1-8(2)10-5-13(17,6-10)12-11(14)7-15-16(12)9(3)4/h7-10,17H,5-6H2,1-4H3. The first kappa shape index (κ1) is 13.1. The molecule has 3 nitrogen and oxygen atoms in total. The molecular weight excluding hydrogens is 280 g/mol. The smallest absolute Gasteiger partial charge is 0.108 e. The van der Waals surface area contributed by atoms with Gasteiger partial charge in [-0.3, -0.25) is 4.68 Å². The third-order valence-corrected chi connectivity index (χ3v) is 4.40. The Morgan fingerprint density at radius 2 is 2.00 bits per heavy atom. The largest absolute Gasteiger partial charge is 0.384 e. The third kappa shape index (κ3) is 2.17. The summed E-state index contributed by atoms with van der Waals surface area (Å²) in [5.41, 5.74) is 0.263. The van der Waals surface area contributed by atoms with Crippen molar-refractivity contribution < 1.29 is 5.11 Å². The molecule has 0 saturated heterocycles. The van der Waals surface area contributed by atoms with E-state index in [2.05, 4.69) is 48.7 Å². The minimum atomic E-state index is -0.686. The van der Waals surface area contributed by atoms with E-state index in [1.54, 1.807) is 6.20 Å². The van der Waals surface area contributed by atoms with Crippen molar-refractivity contribution in [1.29, 1.82) is 0 Å². The highest BCUT2D eigenvalue weighted by Gasteiger charge is 2.48. The molecule has 1 saturated carbocycles. The second-order valence-corrected chi connectivity index (χ2v) is 6.68. The molecule has 1 aromatic rings. The predicted octanol–water partition coefficient (Wildman–Crippen LogP) is 3.48. The van der Waals surface area contributed by atoms with Gasteiger partial charge in [0.15, 0.2) is 0 Å². The lowest BCUT2D eigenvalue weighted by molar-refractivity contribution is -0.100. The molecule has 0 aromatic carbocycles. The lowest BCUT2D eigenvalue weighted by Crippen LogP contribution is -2.45. The van der Waals surface area contributed by atoms with Crippen molar-refractivity contribution in [3.05, 3.63) is 16.4 Å². The van der Waals surface area contributed by atoms with Crippen molar-refractivity contribution >= 4 is 15.9 Å². The molecule has 0 atom stereocenters. The van der Waals surface area contributed by atoms with E-state index in [-0.39, 0.29) is 6.04 Å². The number of aromatic nitrogens is 2. The maximum Gasteiger partial charge on any atom is 0.108 e. The Hall–Kier alpha value is -0.350. The van der Waals surface area contributed by atoms with E-state index < -0.39 is 5.60 Å². The summed E-state index contributed by atoms with van der Waals surface area (Å²) in [4.78, 5) is 0. The van der Waals surface area contributed by atoms with Crippen LogP contribution in [0.15, 0.2) is 10.7 Å². The van der Waals surface area contributed by atoms with Crippen LogP contribution in [0.3, 0.4) is 0 Å². The van der Waals surface area contributed by atoms with Crippen LogP contribution in [-0.4, -0.2) is 14.9 Å². The molecule has 0 amide bonds. The second-order valence-electron chi connectivity index (χ2n) is 5.82. The van der Waals surface area contributed by atoms with Crippen LogP contribution >= 0.6 is 15.9 Å². The molecule has 0 spiro atoms. The first-order valence-corrected chi connectivity index (χ1v) is 7.10. The summed E-state index contributed by atoms with van der Waals surface area (Å²) in [7, 11) is 0. The van der Waals surface area contributed by atoms with E-state index in [9.17, 15) is 5.11 Å². The van der Waals surface area contributed by atoms with Crippen LogP contribution < -0.4 is 0 Å². The van der Waals surface area contributed by atoms with E-state index in [0.29, 0.717) is 11.8 Å². The molecule has 96 valence electrons. The topological polar surface area (TPSA) is 38.1 Å². The fourth-order valence-electron chi connectivity index (χ4n) is 2.64. The van der Waals surface area contributed by atoms with Crippen molar-refractivity contribution in [3.8, 4) is 0 Å². The lowest BCUT2D eigenvalue weighted by atomic mass is 9.65. The highest BCUT2D eigenvalue weighted by molar-refractivity contribution is 9.10. The van der Waals surface area contributed by atoms with Crippen LogP contribution in [0.25, 0.3) is 0 Å². The molecule has 1 fully saturated rings. The van der Waals surface area contributed by atoms with Gasteiger partial charge in [0.05, 0.1) is 16.4 Å². The Labute approximate surface area is 111 Å². The van der Waals surface area contributed by atoms with Crippen molar-refractivity contribution in [2.24, 2.45) is 11.8 Å². The Balaban J connectivity index is 2.27. The molecule has 1 N–H and O–H groups in total. The lowest BCUT2D eigenvalue weighted by Gasteiger charge is -2.46. The summed E-state index contributed by atoms with van der Waals surface area (Å²) in [5.74, 6) is 1.27. The summed E-state index contributed by atoms with van der Waals surface area (Å²) < 4.78 is 2.86. The summed E-state index contributed by atoms with van der Waals surface area (Å²) in [6, 6.07) is 0.276. The fourth-order valence-corrected chi connectivity index (χ4v) is 3.28. The first-order chi connectivity index (χ1) is 7.85. The van der Waals surface area contributed by atoms with Gasteiger partial charge >= 0.3 is 0 Å². The monoisotopic (exact) mass is 300 g/mol. The zero-order chi connectivity index (χ0) is 12.8. The molecule has 1 aliphatic rings. The van der Waals surface area contributed by atoms with Gasteiger partial charge in [-0.25, -0.2) is 0 Å². The maximum absolute atomic E-state index is 10.7. The number of rotatable bonds is 3. The molecule has 1 heterocycles. The van der Waals surface area contributed by atoms with Crippen LogP contribution in [0.2, 0.25) is 0 Å². The molecule has 17 heavy (non-hydrogen) atoms. The fraction of sp³-hybridized carbons (Fsp3) is 0.769. The van der Waals surface area contributed by atoms with Crippen molar-refractivity contribution in [2.45, 2.75) is 52.2 Å². The Kier molecular flexibility index (Phi) is 3.38. The SMILES string of the molecule is CC(C)C1CC(O)(c2c(Br)cnn2C(C)C)C1. The second kappa shape index (κ2) is 4.39. The highest BCUT2D eigenvalue weighted by Crippen LogP contribution is 2.50. The van der Waals surface area contributed by atoms with E-state index in [0.717, 1.165) is 23.0 Å². The molecule has 0 aliphatic heterocycles. The van der Waals surface area contributed by atoms with Crippen molar-refractivity contribution in [3.63, 3.8) is 0 Å². The molecule has 2 rings (SSSR count).